The van der Waals surface area contributed by atoms with Gasteiger partial charge in [0.2, 0.25) is 0 Å². The van der Waals surface area contributed by atoms with Crippen molar-refractivity contribution in [3.05, 3.63) is 30.2 Å². The van der Waals surface area contributed by atoms with Crippen LogP contribution in [0.4, 0.5) is 13.2 Å². The van der Waals surface area contributed by atoms with Gasteiger partial charge in [-0.3, -0.25) is 0 Å². The molecular formula is C7H4F3. The lowest BCUT2D eigenvalue weighted by atomic mass is 10.1. The Morgan fingerprint density at radius 2 is 2.10 bits per heavy atom. The summed E-state index contributed by atoms with van der Waals surface area (Å²) in [6, 6.07) is 0. The van der Waals surface area contributed by atoms with Crippen LogP contribution in [0.25, 0.3) is 0 Å². The van der Waals surface area contributed by atoms with Crippen LogP contribution in [-0.4, -0.2) is 6.18 Å². The Bertz CT molecular complexity index is 174. The van der Waals surface area contributed by atoms with Crippen LogP contribution in [0.5, 0.6) is 0 Å². The fourth-order valence-corrected chi connectivity index (χ4v) is 0.605. The first kappa shape index (κ1) is 7.38. The Balaban J connectivity index is 2.73. The molecule has 10 heavy (non-hydrogen) atoms. The molecule has 0 N–H and O–H groups in total. The molecule has 0 unspecified atom stereocenters. The molecule has 0 saturated carbocycles. The van der Waals surface area contributed by atoms with Crippen LogP contribution in [-0.2, 0) is 0 Å². The molecule has 0 aliphatic heterocycles. The average molecular weight is 145 g/mol. The quantitative estimate of drug-likeness (QED) is 0.490. The lowest BCUT2D eigenvalue weighted by Crippen LogP contribution is -2.11. The monoisotopic (exact) mass is 145 g/mol. The molecule has 1 rings (SSSR count). The largest absolute Gasteiger partial charge is 0.416 e. The highest BCUT2D eigenvalue weighted by molar-refractivity contribution is 5.25. The molecule has 1 aliphatic carbocycles. The molecule has 0 amide bonds. The molecule has 0 fully saturated rings. The first-order valence-electron chi connectivity index (χ1n) is 2.69. The van der Waals surface area contributed by atoms with Gasteiger partial charge < -0.3 is 0 Å². The Morgan fingerprint density at radius 1 is 1.40 bits per heavy atom. The maximum Gasteiger partial charge on any atom is 0.416 e. The lowest BCUT2D eigenvalue weighted by molar-refractivity contribution is -0.0893. The summed E-state index contributed by atoms with van der Waals surface area (Å²) in [7, 11) is 0. The Kier molecular flexibility index (Phi) is 1.83. The van der Waals surface area contributed by atoms with E-state index < -0.39 is 11.7 Å². The number of alkyl halides is 3. The molecule has 0 aromatic heterocycles. The molecule has 0 atom stereocenters. The zero-order valence-electron chi connectivity index (χ0n) is 5.00. The highest BCUT2D eigenvalue weighted by Gasteiger charge is 2.32. The van der Waals surface area contributed by atoms with Gasteiger partial charge in [-0.2, -0.15) is 13.2 Å². The van der Waals surface area contributed by atoms with E-state index in [1.54, 1.807) is 0 Å². The van der Waals surface area contributed by atoms with E-state index in [-0.39, 0.29) is 6.42 Å². The highest BCUT2D eigenvalue weighted by Crippen LogP contribution is 2.28. The standard InChI is InChI=1S/C7H4F3/c8-7(9,10)6-4-2-1-3-5-6/h2,5H,3H2. The summed E-state index contributed by atoms with van der Waals surface area (Å²) in [5, 5.41) is 0. The molecule has 0 bridgehead atoms. The average Bonchev–Trinajstić information content (AvgIpc) is 1.88. The first-order valence-corrected chi connectivity index (χ1v) is 2.69. The van der Waals surface area contributed by atoms with E-state index in [0.29, 0.717) is 0 Å². The molecular weight excluding hydrogens is 141 g/mol. The normalized spacial score (nSPS) is 18.9. The van der Waals surface area contributed by atoms with Crippen LogP contribution in [0.1, 0.15) is 6.42 Å². The van der Waals surface area contributed by atoms with E-state index in [1.807, 2.05) is 0 Å². The van der Waals surface area contributed by atoms with Crippen molar-refractivity contribution in [3.8, 4) is 0 Å². The topological polar surface area (TPSA) is 0 Å². The summed E-state index contributed by atoms with van der Waals surface area (Å²) in [5.74, 6) is 0. The van der Waals surface area contributed by atoms with Gasteiger partial charge in [0.1, 0.15) is 0 Å². The summed E-state index contributed by atoms with van der Waals surface area (Å²) < 4.78 is 35.3. The third-order valence-corrected chi connectivity index (χ3v) is 1.06. The Morgan fingerprint density at radius 3 is 2.40 bits per heavy atom. The van der Waals surface area contributed by atoms with Gasteiger partial charge in [0.25, 0.3) is 0 Å². The molecule has 0 aromatic carbocycles. The number of halogens is 3. The van der Waals surface area contributed by atoms with Crippen molar-refractivity contribution in [3.63, 3.8) is 0 Å². The minimum Gasteiger partial charge on any atom is -0.166 e. The van der Waals surface area contributed by atoms with Crippen LogP contribution in [0, 0.1) is 12.5 Å². The van der Waals surface area contributed by atoms with Crippen molar-refractivity contribution in [2.24, 2.45) is 0 Å². The molecule has 3 heteroatoms. The van der Waals surface area contributed by atoms with Crippen molar-refractivity contribution < 1.29 is 13.2 Å². The summed E-state index contributed by atoms with van der Waals surface area (Å²) >= 11 is 0. The zero-order valence-corrected chi connectivity index (χ0v) is 5.00. The first-order chi connectivity index (χ1) is 4.61. The highest BCUT2D eigenvalue weighted by atomic mass is 19.4. The van der Waals surface area contributed by atoms with Gasteiger partial charge in [0.05, 0.1) is 5.57 Å². The molecule has 0 saturated heterocycles. The number of rotatable bonds is 0. The number of hydrogen-bond acceptors (Lipinski definition) is 0. The van der Waals surface area contributed by atoms with Gasteiger partial charge in [-0.1, -0.05) is 12.2 Å². The smallest absolute Gasteiger partial charge is 0.166 e. The fraction of sp³-hybridized carbons (Fsp3) is 0.286. The second-order valence-electron chi connectivity index (χ2n) is 1.81. The molecule has 0 nitrogen and oxygen atoms in total. The van der Waals surface area contributed by atoms with Crippen LogP contribution < -0.4 is 0 Å². The van der Waals surface area contributed by atoms with Crippen molar-refractivity contribution >= 4 is 0 Å². The van der Waals surface area contributed by atoms with Gasteiger partial charge in [-0.15, -0.1) is 0 Å². The van der Waals surface area contributed by atoms with Crippen LogP contribution in [0.3, 0.4) is 0 Å². The Labute approximate surface area is 57.0 Å². The molecule has 0 aromatic rings. The van der Waals surface area contributed by atoms with Crippen molar-refractivity contribution in [2.45, 2.75) is 12.6 Å². The minimum absolute atomic E-state index is 0.224. The van der Waals surface area contributed by atoms with E-state index >= 15 is 0 Å². The van der Waals surface area contributed by atoms with Gasteiger partial charge in [0.15, 0.2) is 0 Å². The second-order valence-corrected chi connectivity index (χ2v) is 1.81. The van der Waals surface area contributed by atoms with Gasteiger partial charge in [-0.25, -0.2) is 0 Å². The maximum absolute atomic E-state index is 11.8. The van der Waals surface area contributed by atoms with Crippen molar-refractivity contribution in [1.82, 2.24) is 0 Å². The third kappa shape index (κ3) is 1.62. The molecule has 3 radical (unpaired) electrons. The summed E-state index contributed by atoms with van der Waals surface area (Å²) in [4.78, 5) is 0. The van der Waals surface area contributed by atoms with E-state index in [9.17, 15) is 13.2 Å². The molecule has 0 heterocycles. The predicted octanol–water partition coefficient (Wildman–Crippen LogP) is 2.32. The number of hydrogen-bond donors (Lipinski definition) is 0. The molecule has 1 aliphatic rings. The predicted molar refractivity (Wildman–Crippen MR) is 29.8 cm³/mol. The van der Waals surface area contributed by atoms with E-state index in [0.717, 1.165) is 6.08 Å². The minimum atomic E-state index is -4.25. The Hall–Kier alpha value is -0.730. The maximum atomic E-state index is 11.8. The SMILES string of the molecule is FC(F)(F)C1=CC[C]C=[C]1. The van der Waals surface area contributed by atoms with Crippen LogP contribution >= 0.6 is 0 Å². The van der Waals surface area contributed by atoms with E-state index in [2.05, 4.69) is 12.5 Å². The lowest BCUT2D eigenvalue weighted by Gasteiger charge is -2.08. The molecule has 0 spiro atoms. The second kappa shape index (κ2) is 2.48. The van der Waals surface area contributed by atoms with E-state index in [1.165, 1.54) is 6.08 Å². The van der Waals surface area contributed by atoms with Crippen LogP contribution in [0.15, 0.2) is 17.7 Å². The van der Waals surface area contributed by atoms with Gasteiger partial charge >= 0.3 is 6.18 Å². The zero-order chi connectivity index (χ0) is 7.61. The van der Waals surface area contributed by atoms with Gasteiger partial charge in [0, 0.05) is 6.42 Å². The van der Waals surface area contributed by atoms with Crippen molar-refractivity contribution in [1.29, 1.82) is 0 Å². The van der Waals surface area contributed by atoms with Crippen LogP contribution in [0.2, 0.25) is 0 Å². The van der Waals surface area contributed by atoms with E-state index in [4.69, 9.17) is 0 Å². The summed E-state index contributed by atoms with van der Waals surface area (Å²) in [6.07, 6.45) is 2.83. The van der Waals surface area contributed by atoms with Gasteiger partial charge in [-0.05, 0) is 12.5 Å². The fourth-order valence-electron chi connectivity index (χ4n) is 0.605. The summed E-state index contributed by atoms with van der Waals surface area (Å²) in [5.41, 5.74) is -0.703. The molecule has 53 valence electrons. The third-order valence-electron chi connectivity index (χ3n) is 1.06. The number of allylic oxidation sites excluding steroid dienone is 4. The van der Waals surface area contributed by atoms with Crippen molar-refractivity contribution in [2.75, 3.05) is 0 Å². The summed E-state index contributed by atoms with van der Waals surface area (Å²) in [6.45, 7) is 0.